The van der Waals surface area contributed by atoms with Crippen LogP contribution in [-0.2, 0) is 11.2 Å². The van der Waals surface area contributed by atoms with Crippen LogP contribution in [0.5, 0.6) is 5.75 Å². The second-order valence-corrected chi connectivity index (χ2v) is 5.48. The van der Waals surface area contributed by atoms with Gasteiger partial charge in [0.25, 0.3) is 0 Å². The average molecular weight is 341 g/mol. The van der Waals surface area contributed by atoms with Crippen LogP contribution in [0.3, 0.4) is 0 Å². The molecule has 0 radical (unpaired) electrons. The van der Waals surface area contributed by atoms with Crippen molar-refractivity contribution in [3.8, 4) is 5.75 Å². The molecule has 1 atom stereocenters. The summed E-state index contributed by atoms with van der Waals surface area (Å²) in [5.41, 5.74) is 0.623. The molecule has 3 rings (SSSR count). The van der Waals surface area contributed by atoms with E-state index in [4.69, 9.17) is 4.52 Å². The summed E-state index contributed by atoms with van der Waals surface area (Å²) in [5, 5.41) is 3.79. The Morgan fingerprint density at radius 1 is 1.33 bits per heavy atom. The van der Waals surface area contributed by atoms with E-state index in [1.54, 1.807) is 4.90 Å². The van der Waals surface area contributed by atoms with Crippen molar-refractivity contribution >= 4 is 5.91 Å². The minimum atomic E-state index is -4.73. The summed E-state index contributed by atoms with van der Waals surface area (Å²) in [7, 11) is 0. The molecule has 1 aromatic heterocycles. The summed E-state index contributed by atoms with van der Waals surface area (Å²) in [5.74, 6) is 0.233. The Bertz CT molecular complexity index is 686. The molecule has 0 N–H and O–H groups in total. The zero-order valence-corrected chi connectivity index (χ0v) is 12.5. The first-order chi connectivity index (χ1) is 11.4. The third-order valence-corrected chi connectivity index (χ3v) is 3.80. The zero-order valence-electron chi connectivity index (χ0n) is 12.5. The lowest BCUT2D eigenvalue weighted by Crippen LogP contribution is -2.30. The minimum absolute atomic E-state index is 0.0512. The van der Waals surface area contributed by atoms with Gasteiger partial charge in [-0.1, -0.05) is 17.3 Å². The Kier molecular flexibility index (Phi) is 4.41. The minimum Gasteiger partial charge on any atom is -0.406 e. The highest BCUT2D eigenvalue weighted by molar-refractivity contribution is 5.79. The Hall–Kier alpha value is -2.58. The molecule has 1 aliphatic heterocycles. The monoisotopic (exact) mass is 341 g/mol. The van der Waals surface area contributed by atoms with Gasteiger partial charge in [-0.05, 0) is 24.1 Å². The number of amides is 1. The van der Waals surface area contributed by atoms with E-state index in [0.717, 1.165) is 6.42 Å². The van der Waals surface area contributed by atoms with Crippen molar-refractivity contribution in [2.45, 2.75) is 25.1 Å². The van der Waals surface area contributed by atoms with Crippen molar-refractivity contribution in [1.29, 1.82) is 0 Å². The molecule has 128 valence electrons. The molecule has 1 fully saturated rings. The van der Waals surface area contributed by atoms with Gasteiger partial charge in [-0.2, -0.15) is 4.98 Å². The Balaban J connectivity index is 1.55. The van der Waals surface area contributed by atoms with Gasteiger partial charge in [-0.3, -0.25) is 4.79 Å². The van der Waals surface area contributed by atoms with Crippen LogP contribution in [0.4, 0.5) is 13.2 Å². The molecule has 0 spiro atoms. The molecular formula is C15H14F3N3O3. The molecule has 2 heterocycles. The number of rotatable bonds is 4. The molecule has 24 heavy (non-hydrogen) atoms. The topological polar surface area (TPSA) is 68.5 Å². The summed E-state index contributed by atoms with van der Waals surface area (Å²) in [6.07, 6.45) is -2.60. The third kappa shape index (κ3) is 4.03. The number of carbonyl (C=O) groups is 1. The molecule has 1 aromatic carbocycles. The van der Waals surface area contributed by atoms with Gasteiger partial charge in [0.1, 0.15) is 5.75 Å². The zero-order chi connectivity index (χ0) is 17.2. The number of hydrogen-bond donors (Lipinski definition) is 0. The van der Waals surface area contributed by atoms with Gasteiger partial charge in [0.2, 0.25) is 12.3 Å². The molecular weight excluding hydrogens is 327 g/mol. The maximum Gasteiger partial charge on any atom is 0.573 e. The van der Waals surface area contributed by atoms with Crippen molar-refractivity contribution in [1.82, 2.24) is 15.0 Å². The molecule has 1 amide bonds. The maximum absolute atomic E-state index is 12.3. The molecule has 1 saturated heterocycles. The van der Waals surface area contributed by atoms with Gasteiger partial charge in [0.15, 0.2) is 5.82 Å². The number of aromatic nitrogens is 2. The summed E-state index contributed by atoms with van der Waals surface area (Å²) in [4.78, 5) is 18.0. The SMILES string of the molecule is O=C(Cc1ccc(OC(F)(F)F)cc1)N1CC[C@H](c2ncon2)C1. The van der Waals surface area contributed by atoms with Crippen LogP contribution in [0.25, 0.3) is 0 Å². The fourth-order valence-corrected chi connectivity index (χ4v) is 2.65. The molecule has 0 unspecified atom stereocenters. The van der Waals surface area contributed by atoms with Gasteiger partial charge in [0.05, 0.1) is 6.42 Å². The van der Waals surface area contributed by atoms with Crippen LogP contribution in [0, 0.1) is 0 Å². The maximum atomic E-state index is 12.3. The van der Waals surface area contributed by atoms with E-state index < -0.39 is 6.36 Å². The van der Waals surface area contributed by atoms with Crippen molar-refractivity contribution in [3.63, 3.8) is 0 Å². The highest BCUT2D eigenvalue weighted by atomic mass is 19.4. The van der Waals surface area contributed by atoms with Crippen molar-refractivity contribution in [2.24, 2.45) is 0 Å². The van der Waals surface area contributed by atoms with Gasteiger partial charge >= 0.3 is 6.36 Å². The fourth-order valence-electron chi connectivity index (χ4n) is 2.65. The quantitative estimate of drug-likeness (QED) is 0.855. The molecule has 0 aliphatic carbocycles. The third-order valence-electron chi connectivity index (χ3n) is 3.80. The second kappa shape index (κ2) is 6.50. The molecule has 1 aliphatic rings. The van der Waals surface area contributed by atoms with E-state index in [2.05, 4.69) is 14.9 Å². The number of ether oxygens (including phenoxy) is 1. The largest absolute Gasteiger partial charge is 0.573 e. The smallest absolute Gasteiger partial charge is 0.406 e. The van der Waals surface area contributed by atoms with Gasteiger partial charge in [-0.25, -0.2) is 0 Å². The summed E-state index contributed by atoms with van der Waals surface area (Å²) >= 11 is 0. The number of nitrogens with zero attached hydrogens (tertiary/aromatic N) is 3. The van der Waals surface area contributed by atoms with E-state index in [9.17, 15) is 18.0 Å². The van der Waals surface area contributed by atoms with E-state index in [1.165, 1.54) is 30.7 Å². The predicted molar refractivity (Wildman–Crippen MR) is 75.1 cm³/mol. The highest BCUT2D eigenvalue weighted by Crippen LogP contribution is 2.26. The Morgan fingerprint density at radius 3 is 2.71 bits per heavy atom. The first-order valence-corrected chi connectivity index (χ1v) is 7.29. The van der Waals surface area contributed by atoms with Crippen LogP contribution in [0.2, 0.25) is 0 Å². The summed E-state index contributed by atoms with van der Waals surface area (Å²) in [6.45, 7) is 1.10. The van der Waals surface area contributed by atoms with Gasteiger partial charge in [-0.15, -0.1) is 13.2 Å². The van der Waals surface area contributed by atoms with Crippen LogP contribution < -0.4 is 4.74 Å². The molecule has 6 nitrogen and oxygen atoms in total. The first-order valence-electron chi connectivity index (χ1n) is 7.29. The first kappa shape index (κ1) is 16.3. The standard InChI is InChI=1S/C15H14F3N3O3/c16-15(17,18)24-12-3-1-10(2-4-12)7-13(22)21-6-5-11(8-21)14-19-9-23-20-14/h1-4,9,11H,5-8H2/t11-/m0/s1. The predicted octanol–water partition coefficient (Wildman–Crippen LogP) is 2.53. The van der Waals surface area contributed by atoms with Gasteiger partial charge in [0, 0.05) is 19.0 Å². The highest BCUT2D eigenvalue weighted by Gasteiger charge is 2.31. The summed E-state index contributed by atoms with van der Waals surface area (Å²) in [6, 6.07) is 5.29. The van der Waals surface area contributed by atoms with Crippen molar-refractivity contribution in [2.75, 3.05) is 13.1 Å². The van der Waals surface area contributed by atoms with Crippen LogP contribution in [0.1, 0.15) is 23.7 Å². The Morgan fingerprint density at radius 2 is 2.08 bits per heavy atom. The number of benzene rings is 1. The van der Waals surface area contributed by atoms with Gasteiger partial charge < -0.3 is 14.2 Å². The van der Waals surface area contributed by atoms with E-state index >= 15 is 0 Å². The Labute approximate surface area is 135 Å². The number of alkyl halides is 3. The number of carbonyl (C=O) groups excluding carboxylic acids is 1. The number of halogens is 3. The lowest BCUT2D eigenvalue weighted by molar-refractivity contribution is -0.274. The lowest BCUT2D eigenvalue weighted by Gasteiger charge is -2.16. The summed E-state index contributed by atoms with van der Waals surface area (Å²) < 4.78 is 44.8. The van der Waals surface area contributed by atoms with E-state index in [0.29, 0.717) is 24.5 Å². The fraction of sp³-hybridized carbons (Fsp3) is 0.400. The molecule has 2 aromatic rings. The lowest BCUT2D eigenvalue weighted by atomic mass is 10.1. The van der Waals surface area contributed by atoms with Crippen LogP contribution in [0.15, 0.2) is 35.2 Å². The molecule has 0 bridgehead atoms. The average Bonchev–Trinajstić information content (AvgIpc) is 3.18. The van der Waals surface area contributed by atoms with Crippen molar-refractivity contribution in [3.05, 3.63) is 42.0 Å². The second-order valence-electron chi connectivity index (χ2n) is 5.48. The van der Waals surface area contributed by atoms with Crippen LogP contribution in [-0.4, -0.2) is 40.4 Å². The van der Waals surface area contributed by atoms with Crippen molar-refractivity contribution < 1.29 is 27.2 Å². The molecule has 9 heteroatoms. The van der Waals surface area contributed by atoms with E-state index in [-0.39, 0.29) is 24.0 Å². The van der Waals surface area contributed by atoms with E-state index in [1.807, 2.05) is 0 Å². The molecule has 0 saturated carbocycles. The number of hydrogen-bond acceptors (Lipinski definition) is 5. The normalized spacial score (nSPS) is 18.0. The number of likely N-dealkylation sites (tertiary alicyclic amines) is 1. The van der Waals surface area contributed by atoms with Crippen LogP contribution >= 0.6 is 0 Å².